The van der Waals surface area contributed by atoms with E-state index in [9.17, 15) is 9.18 Å². The lowest BCUT2D eigenvalue weighted by molar-refractivity contribution is -0.117. The van der Waals surface area contributed by atoms with Gasteiger partial charge in [-0.2, -0.15) is 0 Å². The van der Waals surface area contributed by atoms with Gasteiger partial charge in [0.25, 0.3) is 0 Å². The van der Waals surface area contributed by atoms with E-state index in [1.807, 2.05) is 18.3 Å². The first-order valence-electron chi connectivity index (χ1n) is 9.62. The number of halogens is 1. The Hall–Kier alpha value is -3.02. The summed E-state index contributed by atoms with van der Waals surface area (Å²) in [5, 5.41) is 4.38. The summed E-state index contributed by atoms with van der Waals surface area (Å²) >= 11 is 0. The maximum Gasteiger partial charge on any atom is 0.231 e. The van der Waals surface area contributed by atoms with Gasteiger partial charge in [-0.1, -0.05) is 13.8 Å². The molecular formula is C22H23FN4O. The number of anilines is 2. The van der Waals surface area contributed by atoms with Crippen LogP contribution in [0.5, 0.6) is 0 Å². The number of pyridine rings is 2. The lowest BCUT2D eigenvalue weighted by atomic mass is 9.96. The third-order valence-corrected chi connectivity index (χ3v) is 5.27. The van der Waals surface area contributed by atoms with Crippen molar-refractivity contribution in [1.29, 1.82) is 0 Å². The van der Waals surface area contributed by atoms with E-state index in [1.165, 1.54) is 5.56 Å². The van der Waals surface area contributed by atoms with E-state index in [-0.39, 0.29) is 12.3 Å². The fourth-order valence-electron chi connectivity index (χ4n) is 3.46. The standard InChI is InChI=1S/C22H23FN4O/c1-3-12-6-15(4-2)25-10-17(12)13-5-14-8-21(26-11-18(14)20(24)7-13)27-22(28)16-9-19(16)23/h5-8,10-11,16,19H,3-4,9,24H2,1-2H3,(H,26,27,28)/t16-,19+/m1/s1. The minimum atomic E-state index is -1.03. The van der Waals surface area contributed by atoms with E-state index in [0.717, 1.165) is 40.4 Å². The number of alkyl halides is 1. The summed E-state index contributed by atoms with van der Waals surface area (Å²) in [6.45, 7) is 4.21. The monoisotopic (exact) mass is 378 g/mol. The minimum Gasteiger partial charge on any atom is -0.398 e. The predicted molar refractivity (Wildman–Crippen MR) is 110 cm³/mol. The molecule has 1 saturated carbocycles. The molecule has 6 heteroatoms. The Kier molecular flexibility index (Phi) is 4.71. The number of rotatable bonds is 5. The van der Waals surface area contributed by atoms with E-state index in [4.69, 9.17) is 5.73 Å². The largest absolute Gasteiger partial charge is 0.398 e. The molecule has 1 aliphatic rings. The highest BCUT2D eigenvalue weighted by Crippen LogP contribution is 2.35. The van der Waals surface area contributed by atoms with Crippen LogP contribution in [-0.2, 0) is 17.6 Å². The van der Waals surface area contributed by atoms with Gasteiger partial charge in [-0.25, -0.2) is 9.37 Å². The van der Waals surface area contributed by atoms with Crippen molar-refractivity contribution in [3.63, 3.8) is 0 Å². The average molecular weight is 378 g/mol. The first-order chi connectivity index (χ1) is 13.5. The molecule has 0 aliphatic heterocycles. The molecule has 28 heavy (non-hydrogen) atoms. The quantitative estimate of drug-likeness (QED) is 0.649. The molecule has 0 spiro atoms. The number of amides is 1. The number of hydrogen-bond donors (Lipinski definition) is 2. The molecule has 3 N–H and O–H groups in total. The number of benzene rings is 1. The molecule has 3 aromatic rings. The highest BCUT2D eigenvalue weighted by atomic mass is 19.1. The van der Waals surface area contributed by atoms with Crippen molar-refractivity contribution < 1.29 is 9.18 Å². The van der Waals surface area contributed by atoms with E-state index < -0.39 is 12.1 Å². The average Bonchev–Trinajstić information content (AvgIpc) is 3.44. The van der Waals surface area contributed by atoms with Crippen molar-refractivity contribution in [2.45, 2.75) is 39.3 Å². The van der Waals surface area contributed by atoms with E-state index in [1.54, 1.807) is 12.3 Å². The van der Waals surface area contributed by atoms with Crippen LogP contribution in [-0.4, -0.2) is 22.0 Å². The summed E-state index contributed by atoms with van der Waals surface area (Å²) < 4.78 is 13.1. The lowest BCUT2D eigenvalue weighted by Crippen LogP contribution is -2.15. The number of nitrogens with zero attached hydrogens (tertiary/aromatic N) is 2. The van der Waals surface area contributed by atoms with Crippen LogP contribution in [0, 0.1) is 5.92 Å². The lowest BCUT2D eigenvalue weighted by Gasteiger charge is -2.13. The maximum atomic E-state index is 13.1. The van der Waals surface area contributed by atoms with Gasteiger partial charge in [0.15, 0.2) is 0 Å². The van der Waals surface area contributed by atoms with Gasteiger partial charge in [0.05, 0.1) is 5.92 Å². The normalized spacial score (nSPS) is 18.2. The van der Waals surface area contributed by atoms with Crippen molar-refractivity contribution >= 4 is 28.2 Å². The van der Waals surface area contributed by atoms with Gasteiger partial charge >= 0.3 is 0 Å². The summed E-state index contributed by atoms with van der Waals surface area (Å²) in [4.78, 5) is 20.8. The molecule has 1 aliphatic carbocycles. The molecule has 0 radical (unpaired) electrons. The van der Waals surface area contributed by atoms with E-state index in [2.05, 4.69) is 35.2 Å². The Labute approximate surface area is 163 Å². The number of aromatic nitrogens is 2. The molecule has 1 fully saturated rings. The van der Waals surface area contributed by atoms with Gasteiger partial charge in [-0.15, -0.1) is 0 Å². The number of hydrogen-bond acceptors (Lipinski definition) is 4. The van der Waals surface area contributed by atoms with Crippen molar-refractivity contribution in [1.82, 2.24) is 9.97 Å². The van der Waals surface area contributed by atoms with Gasteiger partial charge in [0.1, 0.15) is 12.0 Å². The van der Waals surface area contributed by atoms with Gasteiger partial charge in [0, 0.05) is 34.7 Å². The molecular weight excluding hydrogens is 355 g/mol. The first-order valence-corrected chi connectivity index (χ1v) is 9.62. The molecule has 0 unspecified atom stereocenters. The molecule has 1 amide bonds. The number of nitrogens with one attached hydrogen (secondary N) is 1. The maximum absolute atomic E-state index is 13.1. The fourth-order valence-corrected chi connectivity index (χ4v) is 3.46. The first kappa shape index (κ1) is 18.3. The molecule has 2 aromatic heterocycles. The summed E-state index contributed by atoms with van der Waals surface area (Å²) in [6.07, 6.45) is 4.58. The zero-order valence-electron chi connectivity index (χ0n) is 16.0. The van der Waals surface area contributed by atoms with Crippen molar-refractivity contribution in [3.8, 4) is 11.1 Å². The van der Waals surface area contributed by atoms with Crippen molar-refractivity contribution in [3.05, 3.63) is 47.9 Å². The highest BCUT2D eigenvalue weighted by molar-refractivity contribution is 6.00. The van der Waals surface area contributed by atoms with Crippen LogP contribution >= 0.6 is 0 Å². The van der Waals surface area contributed by atoms with E-state index in [0.29, 0.717) is 11.5 Å². The SMILES string of the molecule is CCc1cc(CC)c(-c2cc(N)c3cnc(NC(=O)[C@@H]4C[C@@H]4F)cc3c2)cn1. The third-order valence-electron chi connectivity index (χ3n) is 5.27. The second-order valence-corrected chi connectivity index (χ2v) is 7.24. The zero-order valence-corrected chi connectivity index (χ0v) is 16.0. The number of aryl methyl sites for hydroxylation is 2. The van der Waals surface area contributed by atoms with Crippen LogP contribution < -0.4 is 11.1 Å². The molecule has 2 atom stereocenters. The van der Waals surface area contributed by atoms with Crippen LogP contribution in [0.4, 0.5) is 15.9 Å². The second-order valence-electron chi connectivity index (χ2n) is 7.24. The van der Waals surface area contributed by atoms with Crippen LogP contribution in [0.25, 0.3) is 21.9 Å². The second kappa shape index (κ2) is 7.19. The van der Waals surface area contributed by atoms with Gasteiger partial charge in [-0.05, 0) is 60.0 Å². The highest BCUT2D eigenvalue weighted by Gasteiger charge is 2.43. The van der Waals surface area contributed by atoms with Crippen molar-refractivity contribution in [2.75, 3.05) is 11.1 Å². The molecule has 0 bridgehead atoms. The van der Waals surface area contributed by atoms with Crippen LogP contribution in [0.1, 0.15) is 31.5 Å². The Balaban J connectivity index is 1.73. The Bertz CT molecular complexity index is 1070. The zero-order chi connectivity index (χ0) is 19.8. The summed E-state index contributed by atoms with van der Waals surface area (Å²) in [6, 6.07) is 7.88. The fraction of sp³-hybridized carbons (Fsp3) is 0.318. The van der Waals surface area contributed by atoms with Gasteiger partial charge < -0.3 is 11.1 Å². The molecule has 144 valence electrons. The number of carbonyl (C=O) groups excluding carboxylic acids is 1. The van der Waals surface area contributed by atoms with Gasteiger partial charge in [-0.3, -0.25) is 9.78 Å². The van der Waals surface area contributed by atoms with E-state index >= 15 is 0 Å². The smallest absolute Gasteiger partial charge is 0.231 e. The number of carbonyl (C=O) groups is 1. The van der Waals surface area contributed by atoms with Crippen LogP contribution in [0.3, 0.4) is 0 Å². The molecule has 4 rings (SSSR count). The molecule has 1 aromatic carbocycles. The summed E-state index contributed by atoms with van der Waals surface area (Å²) in [5.41, 5.74) is 11.2. The minimum absolute atomic E-state index is 0.289. The topological polar surface area (TPSA) is 80.9 Å². The third kappa shape index (κ3) is 3.42. The summed E-state index contributed by atoms with van der Waals surface area (Å²) in [7, 11) is 0. The van der Waals surface area contributed by atoms with Crippen LogP contribution in [0.2, 0.25) is 0 Å². The Morgan fingerprint density at radius 1 is 1.18 bits per heavy atom. The molecule has 5 nitrogen and oxygen atoms in total. The number of fused-ring (bicyclic) bond motifs is 1. The summed E-state index contributed by atoms with van der Waals surface area (Å²) in [5.74, 6) is -0.469. The molecule has 0 saturated heterocycles. The molecule has 2 heterocycles. The number of nitrogens with two attached hydrogens (primary N) is 1. The number of nitrogen functional groups attached to an aromatic ring is 1. The van der Waals surface area contributed by atoms with Crippen LogP contribution in [0.15, 0.2) is 36.7 Å². The Morgan fingerprint density at radius 2 is 1.96 bits per heavy atom. The predicted octanol–water partition coefficient (Wildman–Crippen LogP) is 4.30. The van der Waals surface area contributed by atoms with Gasteiger partial charge in [0.2, 0.25) is 5.91 Å². The van der Waals surface area contributed by atoms with Crippen molar-refractivity contribution in [2.24, 2.45) is 5.92 Å². The Morgan fingerprint density at radius 3 is 2.64 bits per heavy atom.